The zero-order chi connectivity index (χ0) is 26.9. The molecule has 0 aliphatic carbocycles. The molecule has 39 heavy (non-hydrogen) atoms. The summed E-state index contributed by atoms with van der Waals surface area (Å²) in [4.78, 5) is 36.8. The highest BCUT2D eigenvalue weighted by atomic mass is 32.1. The lowest BCUT2D eigenvalue weighted by Crippen LogP contribution is -2.47. The van der Waals surface area contributed by atoms with Crippen LogP contribution in [0.25, 0.3) is 10.2 Å². The average Bonchev–Trinajstić information content (AvgIpc) is 3.30. The number of hydrogen-bond acceptors (Lipinski definition) is 6. The molecule has 2 aliphatic heterocycles. The smallest absolute Gasteiger partial charge is 0.331 e. The number of pyridine rings is 1. The molecule has 2 aromatic heterocycles. The summed E-state index contributed by atoms with van der Waals surface area (Å²) in [7, 11) is 0. The maximum absolute atomic E-state index is 13.5. The third kappa shape index (κ3) is 4.95. The van der Waals surface area contributed by atoms with E-state index in [0.717, 1.165) is 66.1 Å². The Morgan fingerprint density at radius 2 is 2.00 bits per heavy atom. The number of thiophene rings is 1. The predicted octanol–water partition coefficient (Wildman–Crippen LogP) is 6.68. The number of aryl methyl sites for hydroxylation is 1. The Kier molecular flexibility index (Phi) is 6.93. The van der Waals surface area contributed by atoms with Gasteiger partial charge in [-0.25, -0.2) is 9.78 Å². The zero-order valence-electron chi connectivity index (χ0n) is 22.1. The van der Waals surface area contributed by atoms with Crippen LogP contribution in [0, 0.1) is 6.92 Å². The van der Waals surface area contributed by atoms with Gasteiger partial charge in [-0.2, -0.15) is 0 Å². The number of anilines is 3. The largest absolute Gasteiger partial charge is 0.457 e. The van der Waals surface area contributed by atoms with E-state index in [0.29, 0.717) is 22.0 Å². The first kappa shape index (κ1) is 25.3. The number of hydrogen-bond donors (Lipinski definition) is 2. The molecule has 8 nitrogen and oxygen atoms in total. The van der Waals surface area contributed by atoms with Crippen LogP contribution in [0.4, 0.5) is 21.9 Å². The molecule has 0 saturated carbocycles. The SMILES string of the molecule is CCCN1CCC[C@@H](NC(=O)c2sc3nccc4c3c2NC(=O)N4c2ccc(Oc3ccccc3)cc2C)C1. The number of likely N-dealkylation sites (tertiary alicyclic amines) is 1. The van der Waals surface area contributed by atoms with Crippen LogP contribution < -0.4 is 20.3 Å². The first-order valence-electron chi connectivity index (χ1n) is 13.4. The minimum absolute atomic E-state index is 0.0951. The number of para-hydroxylation sites is 1. The molecule has 3 amide bonds. The van der Waals surface area contributed by atoms with Crippen LogP contribution >= 0.6 is 11.3 Å². The lowest BCUT2D eigenvalue weighted by atomic mass is 10.1. The number of amides is 3. The summed E-state index contributed by atoms with van der Waals surface area (Å²) in [5.41, 5.74) is 2.87. The minimum atomic E-state index is -0.311. The number of carbonyl (C=O) groups is 2. The number of benzene rings is 2. The summed E-state index contributed by atoms with van der Waals surface area (Å²) in [5, 5.41) is 7.01. The van der Waals surface area contributed by atoms with Crippen molar-refractivity contribution in [1.29, 1.82) is 0 Å². The highest BCUT2D eigenvalue weighted by Crippen LogP contribution is 2.46. The van der Waals surface area contributed by atoms with Gasteiger partial charge in [0, 0.05) is 18.8 Å². The molecular formula is C30H31N5O3S. The topological polar surface area (TPSA) is 86.8 Å². The molecule has 0 radical (unpaired) electrons. The van der Waals surface area contributed by atoms with E-state index in [2.05, 4.69) is 27.4 Å². The van der Waals surface area contributed by atoms with Crippen LogP contribution in [-0.2, 0) is 0 Å². The van der Waals surface area contributed by atoms with E-state index < -0.39 is 0 Å². The third-order valence-electron chi connectivity index (χ3n) is 7.22. The lowest BCUT2D eigenvalue weighted by molar-refractivity contribution is 0.0908. The summed E-state index contributed by atoms with van der Waals surface area (Å²) in [6.45, 7) is 7.10. The van der Waals surface area contributed by atoms with Gasteiger partial charge in [-0.05, 0) is 81.2 Å². The van der Waals surface area contributed by atoms with E-state index in [9.17, 15) is 9.59 Å². The lowest BCUT2D eigenvalue weighted by Gasteiger charge is -2.33. The molecule has 1 saturated heterocycles. The molecule has 1 atom stereocenters. The van der Waals surface area contributed by atoms with E-state index in [1.807, 2.05) is 61.5 Å². The van der Waals surface area contributed by atoms with Gasteiger partial charge in [0.2, 0.25) is 0 Å². The predicted molar refractivity (Wildman–Crippen MR) is 156 cm³/mol. The Labute approximate surface area is 231 Å². The maximum Gasteiger partial charge on any atom is 0.331 e. The summed E-state index contributed by atoms with van der Waals surface area (Å²) in [6.07, 6.45) is 4.81. The summed E-state index contributed by atoms with van der Waals surface area (Å²) >= 11 is 1.32. The molecule has 0 bridgehead atoms. The van der Waals surface area contributed by atoms with Crippen LogP contribution in [0.15, 0.2) is 60.8 Å². The van der Waals surface area contributed by atoms with Gasteiger partial charge in [0.05, 0.1) is 22.4 Å². The van der Waals surface area contributed by atoms with Crippen molar-refractivity contribution in [3.63, 3.8) is 0 Å². The molecule has 2 N–H and O–H groups in total. The van der Waals surface area contributed by atoms with Crippen LogP contribution in [0.5, 0.6) is 11.5 Å². The molecule has 4 aromatic rings. The highest BCUT2D eigenvalue weighted by Gasteiger charge is 2.34. The van der Waals surface area contributed by atoms with Crippen molar-refractivity contribution < 1.29 is 14.3 Å². The monoisotopic (exact) mass is 541 g/mol. The number of ether oxygens (including phenoxy) is 1. The van der Waals surface area contributed by atoms with E-state index in [4.69, 9.17) is 4.74 Å². The number of rotatable bonds is 7. The van der Waals surface area contributed by atoms with Crippen molar-refractivity contribution in [1.82, 2.24) is 15.2 Å². The molecule has 4 heterocycles. The van der Waals surface area contributed by atoms with Gasteiger partial charge in [0.1, 0.15) is 21.2 Å². The van der Waals surface area contributed by atoms with Crippen molar-refractivity contribution in [2.75, 3.05) is 29.9 Å². The van der Waals surface area contributed by atoms with Gasteiger partial charge in [-0.1, -0.05) is 25.1 Å². The van der Waals surface area contributed by atoms with E-state index >= 15 is 0 Å². The Morgan fingerprint density at radius 1 is 1.15 bits per heavy atom. The van der Waals surface area contributed by atoms with Crippen LogP contribution in [0.2, 0.25) is 0 Å². The Balaban J connectivity index is 1.29. The number of nitrogens with zero attached hydrogens (tertiary/aromatic N) is 3. The number of nitrogens with one attached hydrogen (secondary N) is 2. The van der Waals surface area contributed by atoms with Gasteiger partial charge < -0.3 is 20.3 Å². The molecule has 2 aromatic carbocycles. The van der Waals surface area contributed by atoms with Crippen LogP contribution in [-0.4, -0.2) is 47.5 Å². The normalized spacial score (nSPS) is 17.2. The maximum atomic E-state index is 13.5. The average molecular weight is 542 g/mol. The Hall–Kier alpha value is -3.95. The fourth-order valence-electron chi connectivity index (χ4n) is 5.49. The Morgan fingerprint density at radius 3 is 2.79 bits per heavy atom. The molecular weight excluding hydrogens is 510 g/mol. The fourth-order valence-corrected chi connectivity index (χ4v) is 6.52. The molecule has 6 rings (SSSR count). The number of urea groups is 1. The van der Waals surface area contributed by atoms with E-state index in [1.54, 1.807) is 11.1 Å². The summed E-state index contributed by atoms with van der Waals surface area (Å²) in [5.74, 6) is 1.28. The highest BCUT2D eigenvalue weighted by molar-refractivity contribution is 7.21. The van der Waals surface area contributed by atoms with Crippen molar-refractivity contribution >= 4 is 50.6 Å². The van der Waals surface area contributed by atoms with Gasteiger partial charge in [-0.15, -0.1) is 11.3 Å². The second kappa shape index (κ2) is 10.7. The number of aromatic nitrogens is 1. The van der Waals surface area contributed by atoms with Crippen molar-refractivity contribution in [3.8, 4) is 11.5 Å². The van der Waals surface area contributed by atoms with Crippen molar-refractivity contribution in [2.24, 2.45) is 0 Å². The number of piperidine rings is 1. The second-order valence-corrected chi connectivity index (χ2v) is 11.1. The van der Waals surface area contributed by atoms with Crippen LogP contribution in [0.3, 0.4) is 0 Å². The van der Waals surface area contributed by atoms with Crippen molar-refractivity contribution in [2.45, 2.75) is 39.2 Å². The molecule has 200 valence electrons. The Bertz CT molecular complexity index is 1530. The third-order valence-corrected chi connectivity index (χ3v) is 8.32. The minimum Gasteiger partial charge on any atom is -0.457 e. The number of carbonyl (C=O) groups excluding carboxylic acids is 2. The first-order chi connectivity index (χ1) is 19.0. The fraction of sp³-hybridized carbons (Fsp3) is 0.300. The molecule has 1 fully saturated rings. The van der Waals surface area contributed by atoms with Crippen LogP contribution in [0.1, 0.15) is 41.4 Å². The molecule has 0 unspecified atom stereocenters. The van der Waals surface area contributed by atoms with Gasteiger partial charge in [0.25, 0.3) is 5.91 Å². The molecule has 9 heteroatoms. The van der Waals surface area contributed by atoms with Crippen molar-refractivity contribution in [3.05, 3.63) is 71.2 Å². The van der Waals surface area contributed by atoms with E-state index in [-0.39, 0.29) is 18.0 Å². The summed E-state index contributed by atoms with van der Waals surface area (Å²) in [6, 6.07) is 16.9. The first-order valence-corrected chi connectivity index (χ1v) is 14.2. The second-order valence-electron chi connectivity index (χ2n) is 10.1. The standard InChI is InChI=1S/C30H31N5O3S/c1-3-15-34-16-7-8-20(18-34)32-28(36)27-26-25-24(13-14-31-29(25)39-27)35(30(37)33-26)23-12-11-22(17-19(23)2)38-21-9-5-4-6-10-21/h4-6,9-14,17,20H,3,7-8,15-16,18H2,1-2H3,(H,32,36)(H,33,37)/t20-/m1/s1. The summed E-state index contributed by atoms with van der Waals surface area (Å²) < 4.78 is 5.98. The van der Waals surface area contributed by atoms with Gasteiger partial charge in [0.15, 0.2) is 0 Å². The van der Waals surface area contributed by atoms with Gasteiger partial charge >= 0.3 is 6.03 Å². The molecule has 2 aliphatic rings. The quantitative estimate of drug-likeness (QED) is 0.272. The van der Waals surface area contributed by atoms with E-state index in [1.165, 1.54) is 11.3 Å². The molecule has 0 spiro atoms. The zero-order valence-corrected chi connectivity index (χ0v) is 22.9. The van der Waals surface area contributed by atoms with Gasteiger partial charge in [-0.3, -0.25) is 9.69 Å².